The first-order valence-corrected chi connectivity index (χ1v) is 8.15. The van der Waals surface area contributed by atoms with Gasteiger partial charge in [-0.05, 0) is 18.3 Å². The Morgan fingerprint density at radius 1 is 1.00 bits per heavy atom. The van der Waals surface area contributed by atoms with Gasteiger partial charge >= 0.3 is 5.97 Å². The van der Waals surface area contributed by atoms with Gasteiger partial charge in [0.1, 0.15) is 6.42 Å². The molecule has 1 rings (SSSR count). The number of ether oxygens (including phenoxy) is 1. The van der Waals surface area contributed by atoms with Crippen LogP contribution in [-0.2, 0) is 14.9 Å². The van der Waals surface area contributed by atoms with Crippen LogP contribution in [0.5, 0.6) is 0 Å². The first kappa shape index (κ1) is 18.5. The van der Waals surface area contributed by atoms with Crippen molar-refractivity contribution in [3.05, 3.63) is 35.9 Å². The molecule has 0 aliphatic carbocycles. The third-order valence-electron chi connectivity index (χ3n) is 3.74. The molecule has 0 N–H and O–H groups in total. The van der Waals surface area contributed by atoms with E-state index >= 15 is 0 Å². The Hall–Kier alpha value is -1.51. The largest absolute Gasteiger partial charge is 0.588 e. The van der Waals surface area contributed by atoms with Gasteiger partial charge < -0.3 is 9.99 Å². The zero-order valence-electron chi connectivity index (χ0n) is 14.6. The zero-order valence-corrected chi connectivity index (χ0v) is 14.6. The summed E-state index contributed by atoms with van der Waals surface area (Å²) in [6, 6.07) is 9.87. The van der Waals surface area contributed by atoms with E-state index < -0.39 is 5.60 Å². The van der Waals surface area contributed by atoms with Gasteiger partial charge in [0.25, 0.3) is 0 Å². The van der Waals surface area contributed by atoms with Gasteiger partial charge in [-0.3, -0.25) is 4.58 Å². The van der Waals surface area contributed by atoms with Gasteiger partial charge in [-0.2, -0.15) is 0 Å². The number of benzene rings is 1. The van der Waals surface area contributed by atoms with Gasteiger partial charge in [-0.15, -0.1) is 0 Å². The Balaban J connectivity index is 2.42. The van der Waals surface area contributed by atoms with Crippen molar-refractivity contribution in [3.8, 4) is 0 Å². The monoisotopic (exact) mass is 306 g/mol. The summed E-state index contributed by atoms with van der Waals surface area (Å²) in [7, 11) is 0. The van der Waals surface area contributed by atoms with Crippen LogP contribution in [0.1, 0.15) is 72.3 Å². The molecule has 0 spiro atoms. The number of hydrogen-bond acceptors (Lipinski definition) is 2. The highest BCUT2D eigenvalue weighted by Gasteiger charge is 2.33. The molecule has 124 valence electrons. The summed E-state index contributed by atoms with van der Waals surface area (Å²) in [5.74, 6) is 0.185. The van der Waals surface area contributed by atoms with Crippen molar-refractivity contribution in [2.75, 3.05) is 0 Å². The van der Waals surface area contributed by atoms with E-state index in [2.05, 4.69) is 25.3 Å². The molecule has 0 radical (unpaired) electrons. The lowest BCUT2D eigenvalue weighted by Crippen LogP contribution is -2.28. The highest BCUT2D eigenvalue weighted by Crippen LogP contribution is 2.26. The van der Waals surface area contributed by atoms with Crippen molar-refractivity contribution in [1.82, 2.24) is 0 Å². The number of carbonyl (C=O) groups excluding carboxylic acids is 1. The van der Waals surface area contributed by atoms with Crippen LogP contribution in [0, 0.1) is 5.41 Å². The van der Waals surface area contributed by atoms with Crippen molar-refractivity contribution >= 4 is 5.97 Å². The first-order valence-electron chi connectivity index (χ1n) is 8.15. The molecule has 0 fully saturated rings. The molecular weight excluding hydrogens is 276 g/mol. The normalized spacial score (nSPS) is 13.2. The molecule has 3 nitrogen and oxygen atoms in total. The average molecular weight is 306 g/mol. The second-order valence-electron chi connectivity index (χ2n) is 7.56. The molecule has 0 aliphatic rings. The Morgan fingerprint density at radius 2 is 1.64 bits per heavy atom. The lowest BCUT2D eigenvalue weighted by atomic mass is 9.89. The Morgan fingerprint density at radius 3 is 2.18 bits per heavy atom. The highest BCUT2D eigenvalue weighted by atomic mass is 17.1. The summed E-state index contributed by atoms with van der Waals surface area (Å²) in [5.41, 5.74) is 0.831. The van der Waals surface area contributed by atoms with E-state index in [9.17, 15) is 5.26 Å². The standard InChI is InChI=1S/C19H30O3/c1-18(2,3)15-11-7-10-14-17(22-20)21-19(4,5)16-12-8-6-9-13-16/h6,8-9,12-13H,7,10-11,14-15H2,1-5H3. The van der Waals surface area contributed by atoms with Crippen molar-refractivity contribution in [2.45, 2.75) is 72.3 Å². The van der Waals surface area contributed by atoms with Gasteiger partial charge in [0.2, 0.25) is 5.60 Å². The second-order valence-corrected chi connectivity index (χ2v) is 7.56. The molecule has 0 aromatic heterocycles. The molecule has 0 bridgehead atoms. The maximum Gasteiger partial charge on any atom is 0.498 e. The molecule has 1 aromatic rings. The summed E-state index contributed by atoms with van der Waals surface area (Å²) in [5, 5.41) is 10.9. The number of rotatable bonds is 7. The van der Waals surface area contributed by atoms with E-state index in [-0.39, 0.29) is 5.97 Å². The smallest absolute Gasteiger partial charge is 0.498 e. The fourth-order valence-electron chi connectivity index (χ4n) is 2.39. The van der Waals surface area contributed by atoms with Crippen LogP contribution >= 0.6 is 0 Å². The molecule has 0 heterocycles. The fraction of sp³-hybridized carbons (Fsp3) is 0.632. The number of unbranched alkanes of at least 4 members (excludes halogenated alkanes) is 2. The summed E-state index contributed by atoms with van der Waals surface area (Å²) < 4.78 is 10.0. The van der Waals surface area contributed by atoms with E-state index in [1.54, 1.807) is 0 Å². The average Bonchev–Trinajstić information content (AvgIpc) is 2.45. The topological polar surface area (TPSA) is 43.6 Å². The van der Waals surface area contributed by atoms with Crippen LogP contribution in [-0.4, -0.2) is 5.97 Å². The van der Waals surface area contributed by atoms with Gasteiger partial charge in [-0.25, -0.2) is 0 Å². The molecule has 0 atom stereocenters. The highest BCUT2D eigenvalue weighted by molar-refractivity contribution is 5.70. The Bertz CT molecular complexity index is 455. The van der Waals surface area contributed by atoms with E-state index in [4.69, 9.17) is 4.74 Å². The van der Waals surface area contributed by atoms with Gasteiger partial charge in [0.05, 0.1) is 0 Å². The molecule has 0 unspecified atom stereocenters. The molecule has 1 aromatic carbocycles. The first-order chi connectivity index (χ1) is 10.2. The summed E-state index contributed by atoms with van der Waals surface area (Å²) in [6.07, 6.45) is 4.91. The van der Waals surface area contributed by atoms with E-state index in [0.29, 0.717) is 11.8 Å². The minimum absolute atomic E-state index is 0.185. The van der Waals surface area contributed by atoms with Crippen LogP contribution in [0.25, 0.3) is 0 Å². The molecule has 0 amide bonds. The van der Waals surface area contributed by atoms with Crippen LogP contribution in [0.3, 0.4) is 0 Å². The van der Waals surface area contributed by atoms with Gasteiger partial charge in [-0.1, -0.05) is 63.9 Å². The van der Waals surface area contributed by atoms with E-state index in [1.807, 2.05) is 44.2 Å². The van der Waals surface area contributed by atoms with Crippen LogP contribution < -0.4 is 5.26 Å². The zero-order chi connectivity index (χ0) is 16.6. The summed E-state index contributed by atoms with van der Waals surface area (Å²) in [6.45, 7) is 10.6. The van der Waals surface area contributed by atoms with E-state index in [1.165, 1.54) is 6.42 Å². The van der Waals surface area contributed by atoms with Gasteiger partial charge in [0, 0.05) is 19.4 Å². The van der Waals surface area contributed by atoms with Crippen LogP contribution in [0.2, 0.25) is 0 Å². The van der Waals surface area contributed by atoms with Crippen LogP contribution in [0.4, 0.5) is 0 Å². The number of hydrogen-bond donors (Lipinski definition) is 0. The van der Waals surface area contributed by atoms with Crippen LogP contribution in [0.15, 0.2) is 30.3 Å². The summed E-state index contributed by atoms with van der Waals surface area (Å²) >= 11 is 0. The second kappa shape index (κ2) is 8.21. The van der Waals surface area contributed by atoms with E-state index in [0.717, 1.165) is 24.8 Å². The molecule has 22 heavy (non-hydrogen) atoms. The van der Waals surface area contributed by atoms with Gasteiger partial charge in [0.15, 0.2) is 0 Å². The minimum Gasteiger partial charge on any atom is -0.588 e. The maximum absolute atomic E-state index is 10.9. The third kappa shape index (κ3) is 6.97. The molecule has 0 saturated heterocycles. The summed E-state index contributed by atoms with van der Waals surface area (Å²) in [4.78, 5) is 0. The van der Waals surface area contributed by atoms with Crippen molar-refractivity contribution in [3.63, 3.8) is 0 Å². The predicted octanol–water partition coefficient (Wildman–Crippen LogP) is 4.27. The lowest BCUT2D eigenvalue weighted by Gasteiger charge is -2.19. The minimum atomic E-state index is -0.563. The van der Waals surface area contributed by atoms with Crippen molar-refractivity contribution in [2.24, 2.45) is 5.41 Å². The lowest BCUT2D eigenvalue weighted by molar-refractivity contribution is -1.05. The third-order valence-corrected chi connectivity index (χ3v) is 3.74. The maximum atomic E-state index is 10.9. The molecule has 0 saturated carbocycles. The predicted molar refractivity (Wildman–Crippen MR) is 88.1 cm³/mol. The Labute approximate surface area is 134 Å². The van der Waals surface area contributed by atoms with Crippen molar-refractivity contribution in [1.29, 1.82) is 0 Å². The Kier molecular flexibility index (Phi) is 6.92. The van der Waals surface area contributed by atoms with Crippen molar-refractivity contribution < 1.29 is 14.6 Å². The fourth-order valence-corrected chi connectivity index (χ4v) is 2.39. The quantitative estimate of drug-likeness (QED) is 0.248. The molecular formula is C19H30O3. The SMILES string of the molecule is CC(C)(C)CCCCCC(OC(C)(C)c1ccccc1)=[O+][O-]. The molecule has 3 heteroatoms. The number of esters is 1. The molecule has 0 aliphatic heterocycles.